The minimum Gasteiger partial charge on any atom is -0.326 e. The fourth-order valence-corrected chi connectivity index (χ4v) is 3.67. The summed E-state index contributed by atoms with van der Waals surface area (Å²) in [5, 5.41) is 3.49. The predicted molar refractivity (Wildman–Crippen MR) is 76.6 cm³/mol. The summed E-state index contributed by atoms with van der Waals surface area (Å²) in [7, 11) is 0. The summed E-state index contributed by atoms with van der Waals surface area (Å²) in [6, 6.07) is 0.0917. The number of nitrogens with one attached hydrogen (secondary N) is 1. The lowest BCUT2D eigenvalue weighted by Gasteiger charge is -2.27. The summed E-state index contributed by atoms with van der Waals surface area (Å²) in [5.74, 6) is 3.04. The minimum absolute atomic E-state index is 0.0917. The van der Waals surface area contributed by atoms with Crippen molar-refractivity contribution in [3.05, 3.63) is 0 Å². The number of amides is 1. The third-order valence-corrected chi connectivity index (χ3v) is 5.20. The Morgan fingerprint density at radius 2 is 1.89 bits per heavy atom. The SMILES string of the molecule is CCCCC1NC(C)N(CC(C2CC2)C2CC2)C1=O. The molecule has 0 bridgehead atoms. The molecule has 1 amide bonds. The smallest absolute Gasteiger partial charge is 0.241 e. The highest BCUT2D eigenvalue weighted by Gasteiger charge is 2.45. The Morgan fingerprint density at radius 1 is 1.26 bits per heavy atom. The number of unbranched alkanes of at least 4 members (excludes halogenated alkanes) is 1. The number of carbonyl (C=O) groups is 1. The summed E-state index contributed by atoms with van der Waals surface area (Å²) in [5.41, 5.74) is 0. The van der Waals surface area contributed by atoms with Crippen molar-refractivity contribution >= 4 is 5.91 Å². The average Bonchev–Trinajstić information content (AvgIpc) is 3.26. The molecule has 108 valence electrons. The van der Waals surface area contributed by atoms with Gasteiger partial charge in [0.05, 0.1) is 12.2 Å². The molecular formula is C16H28N2O. The number of carbonyl (C=O) groups excluding carboxylic acids is 1. The van der Waals surface area contributed by atoms with E-state index in [9.17, 15) is 4.79 Å². The lowest BCUT2D eigenvalue weighted by Crippen LogP contribution is -2.39. The molecule has 0 aromatic rings. The Kier molecular flexibility index (Phi) is 3.84. The molecule has 1 N–H and O–H groups in total. The van der Waals surface area contributed by atoms with Gasteiger partial charge in [-0.15, -0.1) is 0 Å². The van der Waals surface area contributed by atoms with Gasteiger partial charge < -0.3 is 4.90 Å². The maximum atomic E-state index is 12.5. The Balaban J connectivity index is 1.58. The summed E-state index contributed by atoms with van der Waals surface area (Å²) in [4.78, 5) is 14.6. The van der Waals surface area contributed by atoms with Crippen molar-refractivity contribution < 1.29 is 4.79 Å². The maximum Gasteiger partial charge on any atom is 0.241 e. The summed E-state index contributed by atoms with van der Waals surface area (Å²) in [6.07, 6.45) is 9.21. The monoisotopic (exact) mass is 264 g/mol. The van der Waals surface area contributed by atoms with Crippen LogP contribution in [0.15, 0.2) is 0 Å². The normalized spacial score (nSPS) is 31.5. The molecule has 0 radical (unpaired) electrons. The van der Waals surface area contributed by atoms with E-state index in [0.717, 1.165) is 37.1 Å². The zero-order chi connectivity index (χ0) is 13.4. The molecule has 1 heterocycles. The van der Waals surface area contributed by atoms with Gasteiger partial charge in [-0.25, -0.2) is 0 Å². The molecule has 3 fully saturated rings. The number of hydrogen-bond donors (Lipinski definition) is 1. The zero-order valence-electron chi connectivity index (χ0n) is 12.4. The lowest BCUT2D eigenvalue weighted by molar-refractivity contribution is -0.130. The Labute approximate surface area is 117 Å². The molecule has 19 heavy (non-hydrogen) atoms. The van der Waals surface area contributed by atoms with E-state index in [1.165, 1.54) is 32.1 Å². The van der Waals surface area contributed by atoms with Crippen molar-refractivity contribution in [2.75, 3.05) is 6.54 Å². The van der Waals surface area contributed by atoms with E-state index in [1.54, 1.807) is 0 Å². The van der Waals surface area contributed by atoms with E-state index in [0.29, 0.717) is 5.91 Å². The van der Waals surface area contributed by atoms with Crippen LogP contribution in [0.25, 0.3) is 0 Å². The van der Waals surface area contributed by atoms with Crippen LogP contribution in [0.4, 0.5) is 0 Å². The first-order chi connectivity index (χ1) is 9.20. The van der Waals surface area contributed by atoms with E-state index in [1.807, 2.05) is 0 Å². The largest absolute Gasteiger partial charge is 0.326 e. The van der Waals surface area contributed by atoms with Gasteiger partial charge in [0.15, 0.2) is 0 Å². The molecule has 3 aliphatic rings. The zero-order valence-corrected chi connectivity index (χ0v) is 12.4. The molecule has 0 aromatic carbocycles. The summed E-state index contributed by atoms with van der Waals surface area (Å²) >= 11 is 0. The quantitative estimate of drug-likeness (QED) is 0.767. The number of rotatable bonds is 7. The van der Waals surface area contributed by atoms with Crippen LogP contribution in [0.1, 0.15) is 58.8 Å². The van der Waals surface area contributed by atoms with E-state index >= 15 is 0 Å². The van der Waals surface area contributed by atoms with Crippen molar-refractivity contribution in [3.8, 4) is 0 Å². The van der Waals surface area contributed by atoms with Gasteiger partial charge in [-0.3, -0.25) is 10.1 Å². The van der Waals surface area contributed by atoms with Gasteiger partial charge in [0.25, 0.3) is 0 Å². The van der Waals surface area contributed by atoms with Gasteiger partial charge in [-0.1, -0.05) is 19.8 Å². The lowest BCUT2D eigenvalue weighted by atomic mass is 9.97. The summed E-state index contributed by atoms with van der Waals surface area (Å²) in [6.45, 7) is 5.36. The van der Waals surface area contributed by atoms with Crippen molar-refractivity contribution in [2.24, 2.45) is 17.8 Å². The van der Waals surface area contributed by atoms with Gasteiger partial charge in [0.1, 0.15) is 0 Å². The first-order valence-corrected chi connectivity index (χ1v) is 8.27. The van der Waals surface area contributed by atoms with Crippen LogP contribution in [0.3, 0.4) is 0 Å². The van der Waals surface area contributed by atoms with Gasteiger partial charge in [0, 0.05) is 6.54 Å². The summed E-state index contributed by atoms with van der Waals surface area (Å²) < 4.78 is 0. The third-order valence-electron chi connectivity index (χ3n) is 5.20. The van der Waals surface area contributed by atoms with Crippen LogP contribution in [0.5, 0.6) is 0 Å². The fraction of sp³-hybridized carbons (Fsp3) is 0.938. The van der Waals surface area contributed by atoms with Crippen LogP contribution >= 0.6 is 0 Å². The fourth-order valence-electron chi connectivity index (χ4n) is 3.67. The molecule has 0 spiro atoms. The van der Waals surface area contributed by atoms with Crippen molar-refractivity contribution in [1.82, 2.24) is 10.2 Å². The number of hydrogen-bond acceptors (Lipinski definition) is 2. The second-order valence-electron chi connectivity index (χ2n) is 6.87. The Hall–Kier alpha value is -0.570. The van der Waals surface area contributed by atoms with Gasteiger partial charge in [-0.05, 0) is 56.8 Å². The second-order valence-corrected chi connectivity index (χ2v) is 6.87. The molecule has 3 heteroatoms. The molecule has 2 atom stereocenters. The number of nitrogens with zero attached hydrogens (tertiary/aromatic N) is 1. The van der Waals surface area contributed by atoms with E-state index in [-0.39, 0.29) is 12.2 Å². The Bertz CT molecular complexity index is 324. The van der Waals surface area contributed by atoms with Crippen LogP contribution in [-0.4, -0.2) is 29.6 Å². The molecule has 1 aliphatic heterocycles. The van der Waals surface area contributed by atoms with Gasteiger partial charge >= 0.3 is 0 Å². The van der Waals surface area contributed by atoms with Crippen LogP contribution < -0.4 is 5.32 Å². The second kappa shape index (κ2) is 5.43. The van der Waals surface area contributed by atoms with Gasteiger partial charge in [-0.2, -0.15) is 0 Å². The van der Waals surface area contributed by atoms with Crippen molar-refractivity contribution in [2.45, 2.75) is 71.0 Å². The van der Waals surface area contributed by atoms with Crippen molar-refractivity contribution in [3.63, 3.8) is 0 Å². The topological polar surface area (TPSA) is 32.3 Å². The maximum absolute atomic E-state index is 12.5. The van der Waals surface area contributed by atoms with E-state index < -0.39 is 0 Å². The molecule has 3 rings (SSSR count). The molecular weight excluding hydrogens is 236 g/mol. The van der Waals surface area contributed by atoms with E-state index in [2.05, 4.69) is 24.1 Å². The molecule has 2 aliphatic carbocycles. The molecule has 2 saturated carbocycles. The average molecular weight is 264 g/mol. The van der Waals surface area contributed by atoms with Crippen LogP contribution in [0.2, 0.25) is 0 Å². The standard InChI is InChI=1S/C16H28N2O/c1-3-4-5-15-16(19)18(11(2)17-15)10-14(12-6-7-12)13-8-9-13/h11-15,17H,3-10H2,1-2H3. The molecule has 3 nitrogen and oxygen atoms in total. The van der Waals surface area contributed by atoms with Crippen LogP contribution in [-0.2, 0) is 4.79 Å². The Morgan fingerprint density at radius 3 is 2.42 bits per heavy atom. The highest BCUT2D eigenvalue weighted by Crippen LogP contribution is 2.49. The molecule has 2 unspecified atom stereocenters. The van der Waals surface area contributed by atoms with Crippen molar-refractivity contribution in [1.29, 1.82) is 0 Å². The van der Waals surface area contributed by atoms with Gasteiger partial charge in [0.2, 0.25) is 5.91 Å². The predicted octanol–water partition coefficient (Wildman–Crippen LogP) is 2.76. The molecule has 1 saturated heterocycles. The highest BCUT2D eigenvalue weighted by atomic mass is 16.2. The van der Waals surface area contributed by atoms with Crippen LogP contribution in [0, 0.1) is 17.8 Å². The minimum atomic E-state index is 0.0917. The first-order valence-electron chi connectivity index (χ1n) is 8.27. The molecule has 0 aromatic heterocycles. The first kappa shape index (κ1) is 13.4. The third kappa shape index (κ3) is 2.96. The highest BCUT2D eigenvalue weighted by molar-refractivity contribution is 5.84. The van der Waals surface area contributed by atoms with E-state index in [4.69, 9.17) is 0 Å².